The van der Waals surface area contributed by atoms with E-state index >= 15 is 0 Å². The highest BCUT2D eigenvalue weighted by atomic mass is 16.5. The summed E-state index contributed by atoms with van der Waals surface area (Å²) in [7, 11) is 0. The first kappa shape index (κ1) is 6.09. The quantitative estimate of drug-likeness (QED) is 0.506. The topological polar surface area (TPSA) is 9.23 Å². The van der Waals surface area contributed by atoms with Crippen molar-refractivity contribution in [3.05, 3.63) is 0 Å². The Morgan fingerprint density at radius 2 is 2.25 bits per heavy atom. The molecule has 0 spiro atoms. The van der Waals surface area contributed by atoms with Crippen molar-refractivity contribution in [2.45, 2.75) is 45.3 Å². The minimum atomic E-state index is 0.528. The third kappa shape index (κ3) is 1.22. The summed E-state index contributed by atoms with van der Waals surface area (Å²) in [4.78, 5) is 0. The van der Waals surface area contributed by atoms with Crippen molar-refractivity contribution in [1.82, 2.24) is 0 Å². The number of rotatable bonds is 1. The zero-order chi connectivity index (χ0) is 5.98. The van der Waals surface area contributed by atoms with E-state index in [1.54, 1.807) is 0 Å². The zero-order valence-electron chi connectivity index (χ0n) is 5.68. The molecule has 0 aromatic heterocycles. The lowest BCUT2D eigenvalue weighted by Gasteiger charge is -2.05. The number of hydrogen-bond donors (Lipinski definition) is 0. The molecule has 0 aromatic carbocycles. The minimum absolute atomic E-state index is 0.528. The molecule has 0 saturated carbocycles. The Labute approximate surface area is 51.0 Å². The van der Waals surface area contributed by atoms with Crippen LogP contribution in [0.1, 0.15) is 33.1 Å². The summed E-state index contributed by atoms with van der Waals surface area (Å²) in [6.07, 6.45) is 4.82. The molecule has 1 heterocycles. The van der Waals surface area contributed by atoms with Gasteiger partial charge in [0.25, 0.3) is 0 Å². The highest BCUT2D eigenvalue weighted by Crippen LogP contribution is 2.20. The molecule has 1 fully saturated rings. The molecule has 48 valence electrons. The van der Waals surface area contributed by atoms with Gasteiger partial charge in [0.2, 0.25) is 0 Å². The van der Waals surface area contributed by atoms with Crippen molar-refractivity contribution in [1.29, 1.82) is 0 Å². The van der Waals surface area contributed by atoms with Crippen LogP contribution in [0.15, 0.2) is 0 Å². The molecule has 0 amide bonds. The molecule has 1 aliphatic rings. The third-order valence-corrected chi connectivity index (χ3v) is 1.78. The van der Waals surface area contributed by atoms with Crippen LogP contribution < -0.4 is 0 Å². The van der Waals surface area contributed by atoms with Crippen LogP contribution in [0.4, 0.5) is 0 Å². The first-order chi connectivity index (χ1) is 3.83. The Kier molecular flexibility index (Phi) is 1.90. The summed E-state index contributed by atoms with van der Waals surface area (Å²) in [5.41, 5.74) is 0. The van der Waals surface area contributed by atoms with Crippen LogP contribution in [0.25, 0.3) is 0 Å². The fraction of sp³-hybridized carbons (Fsp3) is 1.00. The van der Waals surface area contributed by atoms with Crippen molar-refractivity contribution in [3.63, 3.8) is 0 Å². The highest BCUT2D eigenvalue weighted by molar-refractivity contribution is 4.68. The average molecular weight is 114 g/mol. The molecule has 1 rings (SSSR count). The van der Waals surface area contributed by atoms with Gasteiger partial charge in [-0.25, -0.2) is 0 Å². The van der Waals surface area contributed by atoms with Crippen LogP contribution in [-0.2, 0) is 4.74 Å². The Bertz CT molecular complexity index is 70.8. The van der Waals surface area contributed by atoms with Gasteiger partial charge in [0, 0.05) is 0 Å². The summed E-state index contributed by atoms with van der Waals surface area (Å²) < 4.78 is 5.51. The normalized spacial score (nSPS) is 38.2. The Hall–Kier alpha value is -0.0400. The second-order valence-electron chi connectivity index (χ2n) is 2.55. The van der Waals surface area contributed by atoms with Crippen molar-refractivity contribution >= 4 is 0 Å². The van der Waals surface area contributed by atoms with Gasteiger partial charge < -0.3 is 4.74 Å². The highest BCUT2D eigenvalue weighted by Gasteiger charge is 2.18. The predicted molar refractivity (Wildman–Crippen MR) is 33.9 cm³/mol. The molecule has 8 heavy (non-hydrogen) atoms. The van der Waals surface area contributed by atoms with E-state index in [-0.39, 0.29) is 0 Å². The molecular formula is C7H14O. The molecule has 2 atom stereocenters. The Morgan fingerprint density at radius 3 is 2.50 bits per heavy atom. The van der Waals surface area contributed by atoms with Gasteiger partial charge in [-0.05, 0) is 26.2 Å². The zero-order valence-corrected chi connectivity index (χ0v) is 5.68. The van der Waals surface area contributed by atoms with E-state index in [0.29, 0.717) is 12.2 Å². The maximum Gasteiger partial charge on any atom is 0.0577 e. The molecule has 1 heteroatoms. The van der Waals surface area contributed by atoms with E-state index in [9.17, 15) is 0 Å². The van der Waals surface area contributed by atoms with Crippen LogP contribution in [0, 0.1) is 0 Å². The van der Waals surface area contributed by atoms with Gasteiger partial charge in [-0.3, -0.25) is 0 Å². The van der Waals surface area contributed by atoms with Crippen LogP contribution >= 0.6 is 0 Å². The first-order valence-corrected chi connectivity index (χ1v) is 3.48. The minimum Gasteiger partial charge on any atom is -0.375 e. The number of hydrogen-bond acceptors (Lipinski definition) is 1. The standard InChI is InChI=1S/C7H14O/c1-3-7-5-4-6(2)8-7/h6-7H,3-5H2,1-2H3/t6?,7-/m1/s1. The Morgan fingerprint density at radius 1 is 1.50 bits per heavy atom. The van der Waals surface area contributed by atoms with Gasteiger partial charge in [-0.15, -0.1) is 0 Å². The van der Waals surface area contributed by atoms with Crippen LogP contribution in [-0.4, -0.2) is 12.2 Å². The largest absolute Gasteiger partial charge is 0.375 e. The summed E-state index contributed by atoms with van der Waals surface area (Å²) >= 11 is 0. The third-order valence-electron chi connectivity index (χ3n) is 1.78. The maximum atomic E-state index is 5.51. The van der Waals surface area contributed by atoms with Crippen molar-refractivity contribution < 1.29 is 4.74 Å². The lowest BCUT2D eigenvalue weighted by Crippen LogP contribution is -2.05. The molecule has 0 N–H and O–H groups in total. The van der Waals surface area contributed by atoms with E-state index in [2.05, 4.69) is 13.8 Å². The van der Waals surface area contributed by atoms with Gasteiger partial charge in [0.05, 0.1) is 12.2 Å². The Balaban J connectivity index is 2.22. The van der Waals surface area contributed by atoms with Crippen LogP contribution in [0.3, 0.4) is 0 Å². The van der Waals surface area contributed by atoms with Gasteiger partial charge >= 0.3 is 0 Å². The van der Waals surface area contributed by atoms with Crippen LogP contribution in [0.2, 0.25) is 0 Å². The predicted octanol–water partition coefficient (Wildman–Crippen LogP) is 1.96. The van der Waals surface area contributed by atoms with E-state index in [0.717, 1.165) is 0 Å². The van der Waals surface area contributed by atoms with E-state index in [4.69, 9.17) is 4.74 Å². The van der Waals surface area contributed by atoms with E-state index in [1.165, 1.54) is 19.3 Å². The SMILES string of the molecule is CC[C@@H]1CCC(C)O1. The lowest BCUT2D eigenvalue weighted by molar-refractivity contribution is 0.0540. The average Bonchev–Trinajstić information content (AvgIpc) is 2.14. The van der Waals surface area contributed by atoms with E-state index < -0.39 is 0 Å². The first-order valence-electron chi connectivity index (χ1n) is 3.48. The fourth-order valence-corrected chi connectivity index (χ4v) is 1.19. The van der Waals surface area contributed by atoms with Crippen molar-refractivity contribution in [2.75, 3.05) is 0 Å². The molecule has 1 aliphatic heterocycles. The monoisotopic (exact) mass is 114 g/mol. The van der Waals surface area contributed by atoms with Crippen molar-refractivity contribution in [3.8, 4) is 0 Å². The molecule has 0 aromatic rings. The second kappa shape index (κ2) is 2.49. The van der Waals surface area contributed by atoms with Gasteiger partial charge in [-0.2, -0.15) is 0 Å². The summed E-state index contributed by atoms with van der Waals surface area (Å²) in [6, 6.07) is 0. The molecule has 1 nitrogen and oxygen atoms in total. The molecule has 1 saturated heterocycles. The van der Waals surface area contributed by atoms with Gasteiger partial charge in [0.15, 0.2) is 0 Å². The summed E-state index contributed by atoms with van der Waals surface area (Å²) in [6.45, 7) is 4.33. The summed E-state index contributed by atoms with van der Waals surface area (Å²) in [5, 5.41) is 0. The molecular weight excluding hydrogens is 100 g/mol. The van der Waals surface area contributed by atoms with Gasteiger partial charge in [-0.1, -0.05) is 6.92 Å². The second-order valence-corrected chi connectivity index (χ2v) is 2.55. The molecule has 1 unspecified atom stereocenters. The van der Waals surface area contributed by atoms with Crippen LogP contribution in [0.5, 0.6) is 0 Å². The molecule has 0 bridgehead atoms. The number of ether oxygens (including phenoxy) is 1. The van der Waals surface area contributed by atoms with Gasteiger partial charge in [0.1, 0.15) is 0 Å². The maximum absolute atomic E-state index is 5.51. The van der Waals surface area contributed by atoms with Crippen molar-refractivity contribution in [2.24, 2.45) is 0 Å². The smallest absolute Gasteiger partial charge is 0.0577 e. The van der Waals surface area contributed by atoms with E-state index in [1.807, 2.05) is 0 Å². The lowest BCUT2D eigenvalue weighted by atomic mass is 10.2. The molecule has 0 aliphatic carbocycles. The summed E-state index contributed by atoms with van der Waals surface area (Å²) in [5.74, 6) is 0. The fourth-order valence-electron chi connectivity index (χ4n) is 1.19. The molecule has 0 radical (unpaired) electrons.